The molecule has 276 valence electrons. The molecule has 4 aliphatic rings. The van der Waals surface area contributed by atoms with Gasteiger partial charge in [0.05, 0.1) is 35.4 Å². The van der Waals surface area contributed by atoms with E-state index in [1.54, 1.807) is 0 Å². The predicted molar refractivity (Wildman–Crippen MR) is 184 cm³/mol. The van der Waals surface area contributed by atoms with Crippen LogP contribution in [0, 0.1) is 5.41 Å². The van der Waals surface area contributed by atoms with E-state index < -0.39 is 35.9 Å². The zero-order valence-electron chi connectivity index (χ0n) is 29.3. The lowest BCUT2D eigenvalue weighted by atomic mass is 9.68. The first kappa shape index (κ1) is 36.0. The van der Waals surface area contributed by atoms with Crippen LogP contribution in [0.1, 0.15) is 141 Å². The fraction of sp³-hybridized carbons (Fsp3) is 0.615. The third-order valence-electron chi connectivity index (χ3n) is 11.6. The molecule has 4 heterocycles. The molecule has 1 N–H and O–H groups in total. The average molecular weight is 716 g/mol. The van der Waals surface area contributed by atoms with Gasteiger partial charge in [-0.05, 0) is 92.4 Å². The SMILES string of the molecule is CC1(C)Cc2nc(C3CCN(c4ncc(N5CCCCC5)cn4)CC3)c([C@@H](F)c3ccc(C(F)(F)F)cc3)c(C3CCC(F)(F)CC3)c2[C@@H](O)C1. The number of aliphatic hydroxyl groups is 1. The molecule has 3 fully saturated rings. The molecule has 1 saturated carbocycles. The molecule has 2 saturated heterocycles. The van der Waals surface area contributed by atoms with Gasteiger partial charge in [-0.15, -0.1) is 0 Å². The van der Waals surface area contributed by atoms with Crippen LogP contribution in [0.5, 0.6) is 0 Å². The average Bonchev–Trinajstić information content (AvgIpc) is 3.10. The van der Waals surface area contributed by atoms with Gasteiger partial charge in [-0.3, -0.25) is 4.98 Å². The molecule has 12 heteroatoms. The van der Waals surface area contributed by atoms with Gasteiger partial charge in [0, 0.05) is 61.8 Å². The van der Waals surface area contributed by atoms with Gasteiger partial charge in [-0.2, -0.15) is 13.2 Å². The van der Waals surface area contributed by atoms with Gasteiger partial charge >= 0.3 is 6.18 Å². The first-order valence-corrected chi connectivity index (χ1v) is 18.4. The molecule has 2 aliphatic carbocycles. The van der Waals surface area contributed by atoms with Crippen molar-refractivity contribution in [3.8, 4) is 0 Å². The maximum Gasteiger partial charge on any atom is 0.416 e. The van der Waals surface area contributed by atoms with Crippen molar-refractivity contribution in [1.29, 1.82) is 0 Å². The van der Waals surface area contributed by atoms with Gasteiger partial charge < -0.3 is 14.9 Å². The number of fused-ring (bicyclic) bond motifs is 1. The Kier molecular flexibility index (Phi) is 9.77. The molecule has 3 aromatic rings. The third-order valence-corrected chi connectivity index (χ3v) is 11.6. The van der Waals surface area contributed by atoms with Crippen LogP contribution in [0.2, 0.25) is 0 Å². The quantitative estimate of drug-likeness (QED) is 0.257. The Bertz CT molecular complexity index is 1670. The van der Waals surface area contributed by atoms with Gasteiger partial charge in [-0.25, -0.2) is 23.1 Å². The van der Waals surface area contributed by atoms with Crippen molar-refractivity contribution < 1.29 is 31.4 Å². The summed E-state index contributed by atoms with van der Waals surface area (Å²) in [6.07, 6.45) is 1.55. The molecule has 0 spiro atoms. The summed E-state index contributed by atoms with van der Waals surface area (Å²) in [4.78, 5) is 18.9. The maximum absolute atomic E-state index is 17.3. The number of rotatable bonds is 6. The molecule has 1 aromatic carbocycles. The van der Waals surface area contributed by atoms with Crippen LogP contribution in [-0.2, 0) is 12.6 Å². The van der Waals surface area contributed by atoms with Crippen LogP contribution in [0.15, 0.2) is 36.7 Å². The Morgan fingerprint density at radius 2 is 1.45 bits per heavy atom. The van der Waals surface area contributed by atoms with Gasteiger partial charge in [0.1, 0.15) is 0 Å². The maximum atomic E-state index is 17.3. The summed E-state index contributed by atoms with van der Waals surface area (Å²) in [6.45, 7) is 7.25. The summed E-state index contributed by atoms with van der Waals surface area (Å²) in [5, 5.41) is 11.6. The second kappa shape index (κ2) is 13.9. The van der Waals surface area contributed by atoms with Gasteiger partial charge in [0.15, 0.2) is 6.17 Å². The van der Waals surface area contributed by atoms with E-state index >= 15 is 4.39 Å². The number of alkyl halides is 6. The van der Waals surface area contributed by atoms with E-state index in [4.69, 9.17) is 4.98 Å². The second-order valence-corrected chi connectivity index (χ2v) is 15.9. The van der Waals surface area contributed by atoms with Crippen molar-refractivity contribution in [2.75, 3.05) is 36.0 Å². The van der Waals surface area contributed by atoms with Crippen LogP contribution in [-0.4, -0.2) is 52.2 Å². The number of hydrogen-bond acceptors (Lipinski definition) is 6. The Morgan fingerprint density at radius 3 is 2.06 bits per heavy atom. The lowest BCUT2D eigenvalue weighted by Gasteiger charge is -2.41. The lowest BCUT2D eigenvalue weighted by Crippen LogP contribution is -2.36. The minimum atomic E-state index is -4.58. The van der Waals surface area contributed by atoms with E-state index in [1.165, 1.54) is 6.42 Å². The molecule has 0 bridgehead atoms. The number of halogens is 6. The molecule has 0 unspecified atom stereocenters. The van der Waals surface area contributed by atoms with Crippen molar-refractivity contribution in [1.82, 2.24) is 15.0 Å². The van der Waals surface area contributed by atoms with Crippen LogP contribution >= 0.6 is 0 Å². The van der Waals surface area contributed by atoms with Crippen molar-refractivity contribution in [3.05, 3.63) is 75.9 Å². The molecular weight excluding hydrogens is 668 g/mol. The number of nitrogens with zero attached hydrogens (tertiary/aromatic N) is 5. The van der Waals surface area contributed by atoms with E-state index in [2.05, 4.69) is 19.8 Å². The Balaban J connectivity index is 1.26. The minimum Gasteiger partial charge on any atom is -0.388 e. The molecule has 7 rings (SSSR count). The van der Waals surface area contributed by atoms with E-state index in [0.29, 0.717) is 67.2 Å². The number of pyridine rings is 1. The van der Waals surface area contributed by atoms with Crippen LogP contribution in [0.25, 0.3) is 0 Å². The first-order valence-electron chi connectivity index (χ1n) is 18.4. The number of hydrogen-bond donors (Lipinski definition) is 1. The summed E-state index contributed by atoms with van der Waals surface area (Å²) in [5.74, 6) is -2.84. The fourth-order valence-corrected chi connectivity index (χ4v) is 8.86. The first-order chi connectivity index (χ1) is 24.2. The number of aliphatic hydroxyl groups excluding tert-OH is 1. The molecular formula is C39H47F6N5O. The standard InChI is InChI=1S/C39H47F6N5O/c1-37(2)20-29-32(30(51)21-37)31(24-10-14-38(41,42)15-11-24)33(34(40)25-6-8-27(9-7-25)39(43,44)45)35(48-29)26-12-18-50(19-13-26)36-46-22-28(23-47-36)49-16-4-3-5-17-49/h6-9,22-24,26,30,34,51H,3-5,10-21H2,1-2H3/t30-,34-/m0/s1. The zero-order valence-corrected chi connectivity index (χ0v) is 29.3. The number of benzene rings is 1. The molecule has 2 aliphatic heterocycles. The highest BCUT2D eigenvalue weighted by atomic mass is 19.4. The van der Waals surface area contributed by atoms with Crippen LogP contribution < -0.4 is 9.80 Å². The van der Waals surface area contributed by atoms with Crippen LogP contribution in [0.4, 0.5) is 38.0 Å². The monoisotopic (exact) mass is 715 g/mol. The lowest BCUT2D eigenvalue weighted by molar-refractivity contribution is -0.137. The second-order valence-electron chi connectivity index (χ2n) is 15.9. The number of anilines is 2. The van der Waals surface area contributed by atoms with Gasteiger partial charge in [0.2, 0.25) is 11.9 Å². The molecule has 2 atom stereocenters. The molecule has 6 nitrogen and oxygen atoms in total. The summed E-state index contributed by atoms with van der Waals surface area (Å²) in [6, 6.07) is 4.06. The molecule has 2 aromatic heterocycles. The Morgan fingerprint density at radius 1 is 0.824 bits per heavy atom. The normalized spacial score (nSPS) is 23.6. The highest BCUT2D eigenvalue weighted by Gasteiger charge is 2.44. The highest BCUT2D eigenvalue weighted by Crippen LogP contribution is 2.52. The van der Waals surface area contributed by atoms with Crippen molar-refractivity contribution in [2.45, 2.75) is 121 Å². The smallest absolute Gasteiger partial charge is 0.388 e. The number of aromatic nitrogens is 3. The largest absolute Gasteiger partial charge is 0.416 e. The van der Waals surface area contributed by atoms with Crippen molar-refractivity contribution in [3.63, 3.8) is 0 Å². The zero-order chi connectivity index (χ0) is 36.1. The van der Waals surface area contributed by atoms with Crippen LogP contribution in [0.3, 0.4) is 0 Å². The van der Waals surface area contributed by atoms with E-state index in [-0.39, 0.29) is 48.1 Å². The van der Waals surface area contributed by atoms with E-state index in [9.17, 15) is 27.1 Å². The molecule has 0 radical (unpaired) electrons. The van der Waals surface area contributed by atoms with Crippen molar-refractivity contribution in [2.24, 2.45) is 5.41 Å². The highest BCUT2D eigenvalue weighted by molar-refractivity contribution is 5.52. The van der Waals surface area contributed by atoms with E-state index in [1.807, 2.05) is 26.2 Å². The summed E-state index contributed by atoms with van der Waals surface area (Å²) < 4.78 is 86.6. The Labute approximate surface area is 295 Å². The van der Waals surface area contributed by atoms with Crippen molar-refractivity contribution >= 4 is 11.6 Å². The summed E-state index contributed by atoms with van der Waals surface area (Å²) >= 11 is 0. The van der Waals surface area contributed by atoms with Gasteiger partial charge in [-0.1, -0.05) is 26.0 Å². The third kappa shape index (κ3) is 7.57. The summed E-state index contributed by atoms with van der Waals surface area (Å²) in [5.41, 5.74) is 2.38. The van der Waals surface area contributed by atoms with E-state index in [0.717, 1.165) is 55.9 Å². The Hall–Kier alpha value is -3.41. The van der Waals surface area contributed by atoms with Gasteiger partial charge in [0.25, 0.3) is 0 Å². The minimum absolute atomic E-state index is 0.0404. The molecule has 0 amide bonds. The fourth-order valence-electron chi connectivity index (χ4n) is 8.86. The topological polar surface area (TPSA) is 65.4 Å². The molecule has 51 heavy (non-hydrogen) atoms. The summed E-state index contributed by atoms with van der Waals surface area (Å²) in [7, 11) is 0. The predicted octanol–water partition coefficient (Wildman–Crippen LogP) is 9.62. The number of piperidine rings is 2.